The summed E-state index contributed by atoms with van der Waals surface area (Å²) in [5.74, 6) is 0. The van der Waals surface area contributed by atoms with Crippen LogP contribution in [0.1, 0.15) is 37.8 Å². The van der Waals surface area contributed by atoms with Gasteiger partial charge in [-0.05, 0) is 50.3 Å². The van der Waals surface area contributed by atoms with E-state index in [1.165, 1.54) is 36.1 Å². The zero-order valence-electron chi connectivity index (χ0n) is 11.2. The van der Waals surface area contributed by atoms with E-state index in [4.69, 9.17) is 0 Å². The third-order valence-corrected chi connectivity index (χ3v) is 3.39. The van der Waals surface area contributed by atoms with Crippen molar-refractivity contribution in [1.82, 2.24) is 0 Å². The zero-order chi connectivity index (χ0) is 12.5. The third kappa shape index (κ3) is 3.22. The van der Waals surface area contributed by atoms with Gasteiger partial charge in [0.1, 0.15) is 0 Å². The van der Waals surface area contributed by atoms with Crippen LogP contribution in [0, 0.1) is 0 Å². The van der Waals surface area contributed by atoms with E-state index in [2.05, 4.69) is 30.1 Å². The molecule has 2 nitrogen and oxygen atoms in total. The molecule has 0 aliphatic carbocycles. The van der Waals surface area contributed by atoms with E-state index >= 15 is 0 Å². The largest absolute Gasteiger partial charge is 0.390 e. The van der Waals surface area contributed by atoms with Crippen LogP contribution in [0.25, 0.3) is 0 Å². The van der Waals surface area contributed by atoms with Crippen LogP contribution in [-0.2, 0) is 12.8 Å². The van der Waals surface area contributed by atoms with Gasteiger partial charge in [-0.1, -0.05) is 12.1 Å². The number of hydrogen-bond donors (Lipinski definition) is 1. The predicted molar refractivity (Wildman–Crippen MR) is 72.7 cm³/mol. The van der Waals surface area contributed by atoms with Crippen LogP contribution in [0.3, 0.4) is 0 Å². The van der Waals surface area contributed by atoms with Crippen molar-refractivity contribution >= 4 is 5.69 Å². The summed E-state index contributed by atoms with van der Waals surface area (Å²) in [6, 6.07) is 6.65. The lowest BCUT2D eigenvalue weighted by Crippen LogP contribution is -2.22. The van der Waals surface area contributed by atoms with Crippen molar-refractivity contribution in [2.75, 3.05) is 18.5 Å². The van der Waals surface area contributed by atoms with Crippen LogP contribution in [0.5, 0.6) is 0 Å². The third-order valence-electron chi connectivity index (χ3n) is 3.39. The fourth-order valence-corrected chi connectivity index (χ4v) is 2.57. The van der Waals surface area contributed by atoms with Gasteiger partial charge in [-0.3, -0.25) is 0 Å². The van der Waals surface area contributed by atoms with Crippen molar-refractivity contribution in [3.63, 3.8) is 0 Å². The predicted octanol–water partition coefficient (Wildman–Crippen LogP) is 2.77. The second-order valence-corrected chi connectivity index (χ2v) is 5.83. The number of hydrogen-bond acceptors (Lipinski definition) is 2. The molecular formula is C15H23NO. The summed E-state index contributed by atoms with van der Waals surface area (Å²) in [7, 11) is 2.16. The van der Waals surface area contributed by atoms with Crippen LogP contribution >= 0.6 is 0 Å². The summed E-state index contributed by atoms with van der Waals surface area (Å²) >= 11 is 0. The first-order chi connectivity index (χ1) is 7.96. The molecule has 0 saturated heterocycles. The van der Waals surface area contributed by atoms with Gasteiger partial charge in [0.05, 0.1) is 5.60 Å². The summed E-state index contributed by atoms with van der Waals surface area (Å²) in [4.78, 5) is 2.34. The van der Waals surface area contributed by atoms with Crippen LogP contribution in [0.15, 0.2) is 18.2 Å². The highest BCUT2D eigenvalue weighted by molar-refractivity contribution is 5.56. The lowest BCUT2D eigenvalue weighted by Gasteiger charge is -2.22. The Bertz CT molecular complexity index is 392. The van der Waals surface area contributed by atoms with Crippen LogP contribution < -0.4 is 4.90 Å². The molecule has 1 aromatic rings. The second-order valence-electron chi connectivity index (χ2n) is 5.83. The van der Waals surface area contributed by atoms with Gasteiger partial charge in [0.25, 0.3) is 0 Å². The minimum Gasteiger partial charge on any atom is -0.390 e. The molecule has 0 unspecified atom stereocenters. The number of anilines is 1. The minimum atomic E-state index is -0.627. The molecule has 1 N–H and O–H groups in total. The van der Waals surface area contributed by atoms with Crippen molar-refractivity contribution in [3.05, 3.63) is 29.3 Å². The van der Waals surface area contributed by atoms with Crippen molar-refractivity contribution in [2.24, 2.45) is 0 Å². The number of benzene rings is 1. The van der Waals surface area contributed by atoms with Crippen LogP contribution in [0.2, 0.25) is 0 Å². The first-order valence-corrected chi connectivity index (χ1v) is 6.51. The molecule has 2 heteroatoms. The first kappa shape index (κ1) is 12.4. The fourth-order valence-electron chi connectivity index (χ4n) is 2.57. The first-order valence-electron chi connectivity index (χ1n) is 6.51. The van der Waals surface area contributed by atoms with Gasteiger partial charge in [0, 0.05) is 25.7 Å². The maximum atomic E-state index is 9.88. The van der Waals surface area contributed by atoms with Crippen molar-refractivity contribution < 1.29 is 5.11 Å². The van der Waals surface area contributed by atoms with E-state index in [0.29, 0.717) is 6.42 Å². The van der Waals surface area contributed by atoms with E-state index < -0.39 is 5.60 Å². The van der Waals surface area contributed by atoms with E-state index in [-0.39, 0.29) is 0 Å². The van der Waals surface area contributed by atoms with Crippen molar-refractivity contribution in [1.29, 1.82) is 0 Å². The molecule has 0 aromatic heterocycles. The molecule has 1 aliphatic heterocycles. The van der Waals surface area contributed by atoms with E-state index in [0.717, 1.165) is 6.54 Å². The second kappa shape index (κ2) is 4.69. The standard InChI is InChI=1S/C15H23NO/c1-15(2,17)11-12-7-8-13-6-4-5-9-16(3)14(13)10-12/h7-8,10,17H,4-6,9,11H2,1-3H3. The molecule has 1 heterocycles. The maximum Gasteiger partial charge on any atom is 0.0631 e. The molecule has 17 heavy (non-hydrogen) atoms. The normalized spacial score (nSPS) is 16.6. The van der Waals surface area contributed by atoms with E-state index in [1.54, 1.807) is 0 Å². The number of aliphatic hydroxyl groups is 1. The van der Waals surface area contributed by atoms with Crippen LogP contribution in [0.4, 0.5) is 5.69 Å². The van der Waals surface area contributed by atoms with Gasteiger partial charge in [-0.2, -0.15) is 0 Å². The monoisotopic (exact) mass is 233 g/mol. The summed E-state index contributed by atoms with van der Waals surface area (Å²) in [6.45, 7) is 4.86. The molecular weight excluding hydrogens is 210 g/mol. The zero-order valence-corrected chi connectivity index (χ0v) is 11.2. The molecule has 0 saturated carbocycles. The summed E-state index contributed by atoms with van der Waals surface area (Å²) < 4.78 is 0. The maximum absolute atomic E-state index is 9.88. The summed E-state index contributed by atoms with van der Waals surface area (Å²) in [5.41, 5.74) is 3.40. The Morgan fingerprint density at radius 1 is 1.29 bits per heavy atom. The van der Waals surface area contributed by atoms with E-state index in [9.17, 15) is 5.11 Å². The SMILES string of the molecule is CN1CCCCc2ccc(CC(C)(C)O)cc21. The van der Waals surface area contributed by atoms with Crippen LogP contribution in [-0.4, -0.2) is 24.3 Å². The molecule has 0 bridgehead atoms. The highest BCUT2D eigenvalue weighted by Gasteiger charge is 2.16. The lowest BCUT2D eigenvalue weighted by molar-refractivity contribution is 0.0810. The molecule has 0 spiro atoms. The molecule has 0 amide bonds. The van der Waals surface area contributed by atoms with E-state index in [1.807, 2.05) is 13.8 Å². The molecule has 1 aliphatic rings. The smallest absolute Gasteiger partial charge is 0.0631 e. The Morgan fingerprint density at radius 3 is 2.76 bits per heavy atom. The fraction of sp³-hybridized carbons (Fsp3) is 0.600. The topological polar surface area (TPSA) is 23.5 Å². The number of rotatable bonds is 2. The van der Waals surface area contributed by atoms with Gasteiger partial charge in [-0.25, -0.2) is 0 Å². The Hall–Kier alpha value is -1.02. The van der Waals surface area contributed by atoms with Gasteiger partial charge >= 0.3 is 0 Å². The number of nitrogens with zero attached hydrogens (tertiary/aromatic N) is 1. The number of fused-ring (bicyclic) bond motifs is 1. The Balaban J connectivity index is 2.28. The Kier molecular flexibility index (Phi) is 3.43. The van der Waals surface area contributed by atoms with Gasteiger partial charge < -0.3 is 10.0 Å². The van der Waals surface area contributed by atoms with Crippen molar-refractivity contribution in [3.8, 4) is 0 Å². The molecule has 1 aromatic carbocycles. The molecule has 0 atom stereocenters. The van der Waals surface area contributed by atoms with Crippen molar-refractivity contribution in [2.45, 2.75) is 45.1 Å². The highest BCUT2D eigenvalue weighted by atomic mass is 16.3. The average molecular weight is 233 g/mol. The molecule has 2 rings (SSSR count). The highest BCUT2D eigenvalue weighted by Crippen LogP contribution is 2.27. The Morgan fingerprint density at radius 2 is 2.06 bits per heavy atom. The molecule has 94 valence electrons. The average Bonchev–Trinajstić information content (AvgIpc) is 2.39. The quantitative estimate of drug-likeness (QED) is 0.849. The summed E-state index contributed by atoms with van der Waals surface area (Å²) in [5, 5.41) is 9.88. The number of aryl methyl sites for hydroxylation is 1. The van der Waals surface area contributed by atoms with Gasteiger partial charge in [0.2, 0.25) is 0 Å². The summed E-state index contributed by atoms with van der Waals surface area (Å²) in [6.07, 6.45) is 4.45. The van der Waals surface area contributed by atoms with Gasteiger partial charge in [-0.15, -0.1) is 0 Å². The van der Waals surface area contributed by atoms with Gasteiger partial charge in [0.15, 0.2) is 0 Å². The lowest BCUT2D eigenvalue weighted by atomic mass is 9.96. The molecule has 0 fully saturated rings. The minimum absolute atomic E-state index is 0.627. The Labute approximate surface area is 104 Å². The molecule has 0 radical (unpaired) electrons.